The molecule has 112 valence electrons. The predicted molar refractivity (Wildman–Crippen MR) is 85.5 cm³/mol. The second kappa shape index (κ2) is 7.30. The summed E-state index contributed by atoms with van der Waals surface area (Å²) in [5.41, 5.74) is 2.50. The van der Waals surface area contributed by atoms with Crippen LogP contribution in [0, 0.1) is 5.92 Å². The predicted octanol–water partition coefficient (Wildman–Crippen LogP) is 3.05. The topological polar surface area (TPSA) is 35.5 Å². The molecule has 0 radical (unpaired) electrons. The third-order valence-corrected chi connectivity index (χ3v) is 4.27. The summed E-state index contributed by atoms with van der Waals surface area (Å²) >= 11 is 6.13. The van der Waals surface area contributed by atoms with Gasteiger partial charge in [-0.1, -0.05) is 18.5 Å². The average molecular weight is 297 g/mol. The first-order valence-corrected chi connectivity index (χ1v) is 7.91. The average Bonchev–Trinajstić information content (AvgIpc) is 2.89. The number of aliphatic hydroxyl groups is 1. The SMILES string of the molecule is CCCNCc1cc(Cl)ccc1N1CCC(C(C)O)C1. The van der Waals surface area contributed by atoms with Crippen LogP contribution in [0.3, 0.4) is 0 Å². The lowest BCUT2D eigenvalue weighted by Crippen LogP contribution is -2.25. The van der Waals surface area contributed by atoms with Gasteiger partial charge in [-0.2, -0.15) is 0 Å². The fourth-order valence-electron chi connectivity index (χ4n) is 2.80. The fraction of sp³-hybridized carbons (Fsp3) is 0.625. The summed E-state index contributed by atoms with van der Waals surface area (Å²) in [4.78, 5) is 2.37. The fourth-order valence-corrected chi connectivity index (χ4v) is 3.00. The van der Waals surface area contributed by atoms with E-state index >= 15 is 0 Å². The molecule has 2 unspecified atom stereocenters. The lowest BCUT2D eigenvalue weighted by molar-refractivity contribution is 0.136. The van der Waals surface area contributed by atoms with Crippen LogP contribution in [-0.4, -0.2) is 30.8 Å². The van der Waals surface area contributed by atoms with Crippen molar-refractivity contribution >= 4 is 17.3 Å². The molecule has 0 bridgehead atoms. The van der Waals surface area contributed by atoms with E-state index in [4.69, 9.17) is 11.6 Å². The van der Waals surface area contributed by atoms with Gasteiger partial charge in [-0.3, -0.25) is 0 Å². The molecule has 2 N–H and O–H groups in total. The van der Waals surface area contributed by atoms with Gasteiger partial charge in [-0.05, 0) is 50.1 Å². The summed E-state index contributed by atoms with van der Waals surface area (Å²) in [7, 11) is 0. The smallest absolute Gasteiger partial charge is 0.0557 e. The number of nitrogens with zero attached hydrogens (tertiary/aromatic N) is 1. The standard InChI is InChI=1S/C16H25ClN2O/c1-3-7-18-10-14-9-15(17)4-5-16(14)19-8-6-13(11-19)12(2)20/h4-5,9,12-13,18,20H,3,6-8,10-11H2,1-2H3. The maximum Gasteiger partial charge on any atom is 0.0557 e. The van der Waals surface area contributed by atoms with Crippen LogP contribution in [0.4, 0.5) is 5.69 Å². The third-order valence-electron chi connectivity index (χ3n) is 4.03. The highest BCUT2D eigenvalue weighted by molar-refractivity contribution is 6.30. The summed E-state index contributed by atoms with van der Waals surface area (Å²) in [6.07, 6.45) is 1.96. The Balaban J connectivity index is 2.10. The summed E-state index contributed by atoms with van der Waals surface area (Å²) in [5, 5.41) is 14.0. The van der Waals surface area contributed by atoms with Gasteiger partial charge in [0, 0.05) is 36.3 Å². The number of hydrogen-bond donors (Lipinski definition) is 2. The number of nitrogens with one attached hydrogen (secondary N) is 1. The van der Waals surface area contributed by atoms with Gasteiger partial charge in [0.25, 0.3) is 0 Å². The molecular weight excluding hydrogens is 272 g/mol. The number of hydrogen-bond acceptors (Lipinski definition) is 3. The zero-order valence-corrected chi connectivity index (χ0v) is 13.2. The quantitative estimate of drug-likeness (QED) is 0.792. The van der Waals surface area contributed by atoms with Gasteiger partial charge in [0.05, 0.1) is 6.10 Å². The molecule has 0 aliphatic carbocycles. The molecule has 1 aromatic carbocycles. The Kier molecular flexibility index (Phi) is 5.70. The molecule has 1 fully saturated rings. The molecule has 4 heteroatoms. The Hall–Kier alpha value is -0.770. The molecule has 3 nitrogen and oxygen atoms in total. The van der Waals surface area contributed by atoms with Gasteiger partial charge >= 0.3 is 0 Å². The minimum atomic E-state index is -0.228. The van der Waals surface area contributed by atoms with Crippen molar-refractivity contribution in [1.82, 2.24) is 5.32 Å². The van der Waals surface area contributed by atoms with E-state index < -0.39 is 0 Å². The molecule has 0 saturated carbocycles. The maximum atomic E-state index is 9.74. The van der Waals surface area contributed by atoms with Gasteiger partial charge in [0.15, 0.2) is 0 Å². The van der Waals surface area contributed by atoms with Gasteiger partial charge in [0.1, 0.15) is 0 Å². The number of benzene rings is 1. The summed E-state index contributed by atoms with van der Waals surface area (Å²) in [6, 6.07) is 6.11. The van der Waals surface area contributed by atoms with Crippen LogP contribution < -0.4 is 10.2 Å². The normalized spacial score (nSPS) is 20.4. The van der Waals surface area contributed by atoms with Crippen molar-refractivity contribution in [2.24, 2.45) is 5.92 Å². The van der Waals surface area contributed by atoms with E-state index in [0.29, 0.717) is 5.92 Å². The van der Waals surface area contributed by atoms with E-state index in [0.717, 1.165) is 44.0 Å². The molecule has 1 aliphatic rings. The first-order chi connectivity index (χ1) is 9.61. The van der Waals surface area contributed by atoms with Crippen LogP contribution in [0.2, 0.25) is 5.02 Å². The number of halogens is 1. The first kappa shape index (κ1) is 15.6. The maximum absolute atomic E-state index is 9.74. The zero-order chi connectivity index (χ0) is 14.5. The molecule has 1 aromatic rings. The van der Waals surface area contributed by atoms with E-state index in [1.165, 1.54) is 11.3 Å². The molecule has 0 aromatic heterocycles. The van der Waals surface area contributed by atoms with E-state index in [1.807, 2.05) is 13.0 Å². The largest absolute Gasteiger partial charge is 0.393 e. The van der Waals surface area contributed by atoms with Crippen LogP contribution in [0.25, 0.3) is 0 Å². The van der Waals surface area contributed by atoms with Crippen LogP contribution >= 0.6 is 11.6 Å². The minimum Gasteiger partial charge on any atom is -0.393 e. The van der Waals surface area contributed by atoms with Crippen molar-refractivity contribution in [3.8, 4) is 0 Å². The highest BCUT2D eigenvalue weighted by Gasteiger charge is 2.27. The third kappa shape index (κ3) is 3.87. The Labute approximate surface area is 126 Å². The molecule has 2 atom stereocenters. The van der Waals surface area contributed by atoms with E-state index in [9.17, 15) is 5.11 Å². The van der Waals surface area contributed by atoms with Gasteiger partial charge in [0.2, 0.25) is 0 Å². The number of aliphatic hydroxyl groups excluding tert-OH is 1. The summed E-state index contributed by atoms with van der Waals surface area (Å²) < 4.78 is 0. The Morgan fingerprint density at radius 1 is 1.50 bits per heavy atom. The van der Waals surface area contributed by atoms with Crippen LogP contribution in [-0.2, 0) is 6.54 Å². The van der Waals surface area contributed by atoms with E-state index in [-0.39, 0.29) is 6.10 Å². The number of rotatable bonds is 6. The highest BCUT2D eigenvalue weighted by Crippen LogP contribution is 2.30. The second-order valence-electron chi connectivity index (χ2n) is 5.69. The Morgan fingerprint density at radius 3 is 2.95 bits per heavy atom. The minimum absolute atomic E-state index is 0.228. The van der Waals surface area contributed by atoms with E-state index in [1.54, 1.807) is 0 Å². The molecule has 0 amide bonds. The van der Waals surface area contributed by atoms with Gasteiger partial charge < -0.3 is 15.3 Å². The molecule has 1 heterocycles. The molecule has 2 rings (SSSR count). The van der Waals surface area contributed by atoms with Crippen LogP contribution in [0.1, 0.15) is 32.3 Å². The molecule has 0 spiro atoms. The van der Waals surface area contributed by atoms with Crippen molar-refractivity contribution < 1.29 is 5.11 Å². The van der Waals surface area contributed by atoms with Crippen molar-refractivity contribution in [2.45, 2.75) is 39.3 Å². The molecule has 20 heavy (non-hydrogen) atoms. The van der Waals surface area contributed by atoms with Gasteiger partial charge in [-0.25, -0.2) is 0 Å². The van der Waals surface area contributed by atoms with E-state index in [2.05, 4.69) is 29.3 Å². The summed E-state index contributed by atoms with van der Waals surface area (Å²) in [5.74, 6) is 0.377. The Morgan fingerprint density at radius 2 is 2.30 bits per heavy atom. The van der Waals surface area contributed by atoms with Crippen LogP contribution in [0.15, 0.2) is 18.2 Å². The molecule has 1 saturated heterocycles. The lowest BCUT2D eigenvalue weighted by Gasteiger charge is -2.23. The monoisotopic (exact) mass is 296 g/mol. The summed E-state index contributed by atoms with van der Waals surface area (Å²) in [6.45, 7) is 7.86. The molecular formula is C16H25ClN2O. The first-order valence-electron chi connectivity index (χ1n) is 7.54. The lowest BCUT2D eigenvalue weighted by atomic mass is 10.0. The number of anilines is 1. The highest BCUT2D eigenvalue weighted by atomic mass is 35.5. The molecule has 1 aliphatic heterocycles. The van der Waals surface area contributed by atoms with Crippen molar-refractivity contribution in [1.29, 1.82) is 0 Å². The van der Waals surface area contributed by atoms with Crippen LogP contribution in [0.5, 0.6) is 0 Å². The van der Waals surface area contributed by atoms with Gasteiger partial charge in [-0.15, -0.1) is 0 Å². The van der Waals surface area contributed by atoms with Crippen molar-refractivity contribution in [2.75, 3.05) is 24.5 Å². The Bertz CT molecular complexity index is 436. The zero-order valence-electron chi connectivity index (χ0n) is 12.4. The second-order valence-corrected chi connectivity index (χ2v) is 6.12. The van der Waals surface area contributed by atoms with Crippen molar-refractivity contribution in [3.05, 3.63) is 28.8 Å². The van der Waals surface area contributed by atoms with Crippen molar-refractivity contribution in [3.63, 3.8) is 0 Å².